The Morgan fingerprint density at radius 1 is 1.04 bits per heavy atom. The van der Waals surface area contributed by atoms with Gasteiger partial charge in [0.1, 0.15) is 5.75 Å². The van der Waals surface area contributed by atoms with Gasteiger partial charge in [0.25, 0.3) is 0 Å². The Bertz CT molecular complexity index is 797. The molecule has 0 spiro atoms. The molecule has 25 heavy (non-hydrogen) atoms. The first kappa shape index (κ1) is 17.8. The van der Waals surface area contributed by atoms with Crippen molar-refractivity contribution in [1.82, 2.24) is 5.32 Å². The summed E-state index contributed by atoms with van der Waals surface area (Å²) >= 11 is 0. The first-order valence-electron chi connectivity index (χ1n) is 8.87. The number of hydrogen-bond donors (Lipinski definition) is 2. The van der Waals surface area contributed by atoms with Gasteiger partial charge >= 0.3 is 0 Å². The molecule has 0 fully saturated rings. The predicted octanol–water partition coefficient (Wildman–Crippen LogP) is 5.08. The third-order valence-electron chi connectivity index (χ3n) is 4.49. The van der Waals surface area contributed by atoms with E-state index in [1.807, 2.05) is 24.3 Å². The largest absolute Gasteiger partial charge is 0.507 e. The number of fused-ring (bicyclic) bond motifs is 1. The van der Waals surface area contributed by atoms with Gasteiger partial charge in [0.2, 0.25) is 0 Å². The molecule has 0 saturated carbocycles. The fourth-order valence-electron chi connectivity index (χ4n) is 3.13. The van der Waals surface area contributed by atoms with Crippen molar-refractivity contribution in [2.24, 2.45) is 0 Å². The van der Waals surface area contributed by atoms with E-state index in [4.69, 9.17) is 4.52 Å². The average molecular weight is 355 g/mol. The second kappa shape index (κ2) is 8.42. The van der Waals surface area contributed by atoms with Crippen LogP contribution in [0.15, 0.2) is 47.9 Å². The molecule has 0 aromatic heterocycles. The molecule has 0 bridgehead atoms. The lowest BCUT2D eigenvalue weighted by Gasteiger charge is -2.22. The summed E-state index contributed by atoms with van der Waals surface area (Å²) in [6.45, 7) is 3.17. The van der Waals surface area contributed by atoms with Crippen LogP contribution in [0.5, 0.6) is 5.75 Å². The van der Waals surface area contributed by atoms with Crippen LogP contribution in [0.25, 0.3) is 17.2 Å². The number of phenols is 1. The highest BCUT2D eigenvalue weighted by Gasteiger charge is 2.18. The van der Waals surface area contributed by atoms with Gasteiger partial charge < -0.3 is 14.9 Å². The highest BCUT2D eigenvalue weighted by molar-refractivity contribution is 7.57. The Morgan fingerprint density at radius 2 is 1.84 bits per heavy atom. The van der Waals surface area contributed by atoms with E-state index in [1.165, 1.54) is 12.8 Å². The molecule has 0 radical (unpaired) electrons. The fraction of sp³-hybridized carbons (Fsp3) is 0.286. The summed E-state index contributed by atoms with van der Waals surface area (Å²) in [5.74, 6) is 2.42. The molecule has 1 aliphatic heterocycles. The van der Waals surface area contributed by atoms with Gasteiger partial charge in [-0.3, -0.25) is 0 Å². The summed E-state index contributed by atoms with van der Waals surface area (Å²) in [7, 11) is 0.466. The van der Waals surface area contributed by atoms with E-state index in [-0.39, 0.29) is 0 Å². The van der Waals surface area contributed by atoms with Crippen molar-refractivity contribution < 1.29 is 9.63 Å². The van der Waals surface area contributed by atoms with Gasteiger partial charge in [-0.05, 0) is 41.1 Å². The maximum absolute atomic E-state index is 10.4. The molecular formula is C21H26NO2P. The zero-order chi connectivity index (χ0) is 17.6. The van der Waals surface area contributed by atoms with Gasteiger partial charge in [0.15, 0.2) is 0 Å². The molecule has 2 aromatic carbocycles. The SMILES string of the molecule is CCCCCNC1=Cc2c(-c3ccccc3)ccc(O)c2C=[PH]1OC. The Morgan fingerprint density at radius 3 is 2.56 bits per heavy atom. The van der Waals surface area contributed by atoms with Crippen LogP contribution in [0.2, 0.25) is 0 Å². The number of hydrogen-bond acceptors (Lipinski definition) is 3. The van der Waals surface area contributed by atoms with Crippen LogP contribution < -0.4 is 5.32 Å². The van der Waals surface area contributed by atoms with Crippen LogP contribution in [0, 0.1) is 0 Å². The van der Waals surface area contributed by atoms with Gasteiger partial charge in [-0.25, -0.2) is 0 Å². The van der Waals surface area contributed by atoms with E-state index in [1.54, 1.807) is 13.2 Å². The highest BCUT2D eigenvalue weighted by Crippen LogP contribution is 2.43. The predicted molar refractivity (Wildman–Crippen MR) is 110 cm³/mol. The second-order valence-electron chi connectivity index (χ2n) is 6.23. The molecular weight excluding hydrogens is 329 g/mol. The van der Waals surface area contributed by atoms with Crippen LogP contribution >= 0.6 is 7.77 Å². The first-order chi connectivity index (χ1) is 12.2. The minimum Gasteiger partial charge on any atom is -0.507 e. The Hall–Kier alpha value is -1.96. The minimum absolute atomic E-state index is 0.315. The fourth-order valence-corrected chi connectivity index (χ4v) is 4.78. The minimum atomic E-state index is -1.28. The maximum atomic E-state index is 10.4. The van der Waals surface area contributed by atoms with Crippen molar-refractivity contribution in [2.75, 3.05) is 13.7 Å². The molecule has 1 atom stereocenters. The quantitative estimate of drug-likeness (QED) is 0.538. The van der Waals surface area contributed by atoms with Gasteiger partial charge in [-0.1, -0.05) is 56.2 Å². The van der Waals surface area contributed by atoms with Gasteiger partial charge in [-0.2, -0.15) is 0 Å². The van der Waals surface area contributed by atoms with Crippen molar-refractivity contribution in [3.63, 3.8) is 0 Å². The summed E-state index contributed by atoms with van der Waals surface area (Å²) in [6.07, 6.45) is 5.77. The normalized spacial score (nSPS) is 15.9. The monoisotopic (exact) mass is 355 g/mol. The summed E-state index contributed by atoms with van der Waals surface area (Å²) in [5.41, 5.74) is 5.39. The molecule has 2 aromatic rings. The number of rotatable bonds is 7. The molecule has 3 rings (SSSR count). The average Bonchev–Trinajstić information content (AvgIpc) is 2.66. The van der Waals surface area contributed by atoms with Crippen molar-refractivity contribution >= 4 is 19.6 Å². The molecule has 0 aliphatic carbocycles. The molecule has 1 unspecified atom stereocenters. The number of nitrogens with one attached hydrogen (secondary N) is 1. The molecule has 2 N–H and O–H groups in total. The smallest absolute Gasteiger partial charge is 0.123 e. The van der Waals surface area contributed by atoms with E-state index in [2.05, 4.69) is 36.2 Å². The number of aromatic hydroxyl groups is 1. The first-order valence-corrected chi connectivity index (χ1v) is 10.4. The van der Waals surface area contributed by atoms with Crippen LogP contribution in [0.3, 0.4) is 0 Å². The molecule has 4 heteroatoms. The lowest BCUT2D eigenvalue weighted by atomic mass is 9.95. The van der Waals surface area contributed by atoms with E-state index in [0.29, 0.717) is 5.75 Å². The Balaban J connectivity index is 2.01. The molecule has 1 aliphatic rings. The van der Waals surface area contributed by atoms with E-state index in [0.717, 1.165) is 40.7 Å². The zero-order valence-corrected chi connectivity index (χ0v) is 15.9. The van der Waals surface area contributed by atoms with Crippen molar-refractivity contribution in [2.45, 2.75) is 26.2 Å². The van der Waals surface area contributed by atoms with E-state index < -0.39 is 7.77 Å². The Kier molecular flexibility index (Phi) is 6.01. The highest BCUT2D eigenvalue weighted by atomic mass is 31.1. The number of unbranched alkanes of at least 4 members (excludes halogenated alkanes) is 2. The summed E-state index contributed by atoms with van der Waals surface area (Å²) < 4.78 is 5.72. The zero-order valence-electron chi connectivity index (χ0n) is 14.9. The van der Waals surface area contributed by atoms with Crippen LogP contribution in [0.4, 0.5) is 0 Å². The topological polar surface area (TPSA) is 41.5 Å². The molecule has 0 amide bonds. The molecule has 3 nitrogen and oxygen atoms in total. The van der Waals surface area contributed by atoms with E-state index >= 15 is 0 Å². The van der Waals surface area contributed by atoms with Crippen LogP contribution in [-0.2, 0) is 4.52 Å². The molecule has 0 saturated heterocycles. The third kappa shape index (κ3) is 4.00. The second-order valence-corrected chi connectivity index (χ2v) is 8.19. The van der Waals surface area contributed by atoms with Gasteiger partial charge in [0.05, 0.1) is 5.44 Å². The van der Waals surface area contributed by atoms with E-state index in [9.17, 15) is 5.11 Å². The van der Waals surface area contributed by atoms with Crippen LogP contribution in [0.1, 0.15) is 37.3 Å². The van der Waals surface area contributed by atoms with Crippen molar-refractivity contribution in [3.8, 4) is 16.9 Å². The van der Waals surface area contributed by atoms with Crippen molar-refractivity contribution in [1.29, 1.82) is 0 Å². The van der Waals surface area contributed by atoms with Crippen molar-refractivity contribution in [3.05, 3.63) is 59.0 Å². The van der Waals surface area contributed by atoms with Gasteiger partial charge in [-0.15, -0.1) is 0 Å². The number of phenolic OH excluding ortho intramolecular Hbond substituents is 1. The summed E-state index contributed by atoms with van der Waals surface area (Å²) in [4.78, 5) is 0. The molecule has 132 valence electrons. The third-order valence-corrected chi connectivity index (χ3v) is 6.34. The summed E-state index contributed by atoms with van der Waals surface area (Å²) in [6, 6.07) is 14.1. The van der Waals surface area contributed by atoms with Gasteiger partial charge in [0, 0.05) is 27.0 Å². The summed E-state index contributed by atoms with van der Waals surface area (Å²) in [5, 5.41) is 13.9. The maximum Gasteiger partial charge on any atom is 0.123 e. The lowest BCUT2D eigenvalue weighted by molar-refractivity contribution is 0.471. The number of benzene rings is 2. The molecule has 1 heterocycles. The lowest BCUT2D eigenvalue weighted by Crippen LogP contribution is -2.15. The Labute approximate surface area is 150 Å². The standard InChI is InChI=1S/C21H26NO2P/c1-3-4-8-13-22-21-14-18-17(16-9-6-5-7-10-16)11-12-20(23)19(18)15-25(21)24-2/h5-7,9-12,14-15,22-23,25H,3-4,8,13H2,1-2H3. The van der Waals surface area contributed by atoms with Crippen LogP contribution in [-0.4, -0.2) is 24.6 Å².